The molecule has 1 saturated carbocycles. The van der Waals surface area contributed by atoms with E-state index in [9.17, 15) is 14.3 Å². The second-order valence-electron chi connectivity index (χ2n) is 5.60. The highest BCUT2D eigenvalue weighted by Gasteiger charge is 2.26. The van der Waals surface area contributed by atoms with Crippen molar-refractivity contribution in [2.24, 2.45) is 0 Å². The molecule has 0 saturated heterocycles. The molecule has 2 atom stereocenters. The summed E-state index contributed by atoms with van der Waals surface area (Å²) >= 11 is 1.30. The molecule has 1 amide bonds. The molecule has 1 aliphatic carbocycles. The molecule has 2 N–H and O–H groups in total. The maximum atomic E-state index is 13.9. The third-order valence-electron chi connectivity index (χ3n) is 4.16. The minimum atomic E-state index is -0.478. The standard InChI is InChI=1S/C16H18FNO2S/c1-9-14-10(17)5-4-8-13(14)21-15(9)16(20)18-11-6-2-3-7-12(11)19/h4-5,8,11-12,19H,2-3,6-7H2,1H3,(H,18,20)/t11-,12-/m1/s1. The van der Waals surface area contributed by atoms with Crippen molar-refractivity contribution in [3.05, 3.63) is 34.5 Å². The van der Waals surface area contributed by atoms with E-state index in [4.69, 9.17) is 0 Å². The van der Waals surface area contributed by atoms with Crippen molar-refractivity contribution in [1.29, 1.82) is 0 Å². The number of thiophene rings is 1. The molecule has 1 aromatic carbocycles. The molecule has 2 aromatic rings. The quantitative estimate of drug-likeness (QED) is 0.893. The van der Waals surface area contributed by atoms with Gasteiger partial charge >= 0.3 is 0 Å². The van der Waals surface area contributed by atoms with Crippen molar-refractivity contribution in [2.45, 2.75) is 44.8 Å². The highest BCUT2D eigenvalue weighted by Crippen LogP contribution is 2.32. The Hall–Kier alpha value is -1.46. The topological polar surface area (TPSA) is 49.3 Å². The first-order chi connectivity index (χ1) is 10.1. The lowest BCUT2D eigenvalue weighted by Crippen LogP contribution is -2.45. The van der Waals surface area contributed by atoms with E-state index in [1.807, 2.05) is 6.07 Å². The number of carbonyl (C=O) groups is 1. The molecule has 0 unspecified atom stereocenters. The van der Waals surface area contributed by atoms with Crippen LogP contribution in [0.5, 0.6) is 0 Å². The van der Waals surface area contributed by atoms with Crippen LogP contribution in [0, 0.1) is 12.7 Å². The van der Waals surface area contributed by atoms with E-state index in [0.717, 1.165) is 30.4 Å². The molecule has 0 spiro atoms. The van der Waals surface area contributed by atoms with E-state index in [1.54, 1.807) is 13.0 Å². The zero-order valence-electron chi connectivity index (χ0n) is 11.9. The zero-order valence-corrected chi connectivity index (χ0v) is 12.7. The van der Waals surface area contributed by atoms with Gasteiger partial charge in [0.05, 0.1) is 17.0 Å². The van der Waals surface area contributed by atoms with E-state index >= 15 is 0 Å². The number of hydrogen-bond acceptors (Lipinski definition) is 3. The van der Waals surface area contributed by atoms with Crippen LogP contribution in [-0.4, -0.2) is 23.2 Å². The number of rotatable bonds is 2. The summed E-state index contributed by atoms with van der Waals surface area (Å²) in [4.78, 5) is 13.0. The summed E-state index contributed by atoms with van der Waals surface area (Å²) in [6.07, 6.45) is 3.06. The minimum Gasteiger partial charge on any atom is -0.391 e. The summed E-state index contributed by atoms with van der Waals surface area (Å²) in [5.41, 5.74) is 0.677. The van der Waals surface area contributed by atoms with Gasteiger partial charge in [-0.3, -0.25) is 4.79 Å². The number of carbonyl (C=O) groups excluding carboxylic acids is 1. The fraction of sp³-hybridized carbons (Fsp3) is 0.438. The van der Waals surface area contributed by atoms with Gasteiger partial charge in [0.15, 0.2) is 0 Å². The molecule has 21 heavy (non-hydrogen) atoms. The predicted octanol–water partition coefficient (Wildman–Crippen LogP) is 3.38. The Morgan fingerprint density at radius 2 is 2.14 bits per heavy atom. The molecule has 0 radical (unpaired) electrons. The average molecular weight is 307 g/mol. The van der Waals surface area contributed by atoms with Crippen LogP contribution in [0.2, 0.25) is 0 Å². The monoisotopic (exact) mass is 307 g/mol. The number of amides is 1. The largest absolute Gasteiger partial charge is 0.391 e. The Bertz CT molecular complexity index is 682. The lowest BCUT2D eigenvalue weighted by atomic mass is 9.92. The highest BCUT2D eigenvalue weighted by molar-refractivity contribution is 7.21. The van der Waals surface area contributed by atoms with E-state index in [-0.39, 0.29) is 17.8 Å². The fourth-order valence-electron chi connectivity index (χ4n) is 2.98. The smallest absolute Gasteiger partial charge is 0.261 e. The van der Waals surface area contributed by atoms with Crippen molar-refractivity contribution in [1.82, 2.24) is 5.32 Å². The summed E-state index contributed by atoms with van der Waals surface area (Å²) in [5, 5.41) is 13.4. The molecule has 0 aliphatic heterocycles. The van der Waals surface area contributed by atoms with Crippen molar-refractivity contribution in [3.8, 4) is 0 Å². The molecule has 0 bridgehead atoms. The van der Waals surface area contributed by atoms with Crippen LogP contribution in [0.4, 0.5) is 4.39 Å². The third-order valence-corrected chi connectivity index (χ3v) is 5.41. The van der Waals surface area contributed by atoms with E-state index < -0.39 is 6.10 Å². The first-order valence-electron chi connectivity index (χ1n) is 7.24. The van der Waals surface area contributed by atoms with Gasteiger partial charge in [-0.1, -0.05) is 18.9 Å². The Morgan fingerprint density at radius 1 is 1.38 bits per heavy atom. The lowest BCUT2D eigenvalue weighted by Gasteiger charge is -2.28. The second-order valence-corrected chi connectivity index (χ2v) is 6.65. The van der Waals surface area contributed by atoms with Gasteiger partial charge in [-0.25, -0.2) is 4.39 Å². The Labute approximate surface area is 126 Å². The average Bonchev–Trinajstić information content (AvgIpc) is 2.80. The van der Waals surface area contributed by atoms with Crippen LogP contribution >= 0.6 is 11.3 Å². The number of halogens is 1. The molecular weight excluding hydrogens is 289 g/mol. The lowest BCUT2D eigenvalue weighted by molar-refractivity contribution is 0.0720. The first kappa shape index (κ1) is 14.5. The number of nitrogens with one attached hydrogen (secondary N) is 1. The molecule has 1 aliphatic rings. The molecule has 1 aromatic heterocycles. The van der Waals surface area contributed by atoms with Crippen molar-refractivity contribution < 1.29 is 14.3 Å². The van der Waals surface area contributed by atoms with Crippen LogP contribution in [-0.2, 0) is 0 Å². The van der Waals surface area contributed by atoms with E-state index in [0.29, 0.717) is 15.8 Å². The Morgan fingerprint density at radius 3 is 2.86 bits per heavy atom. The molecule has 3 rings (SSSR count). The van der Waals surface area contributed by atoms with Gasteiger partial charge in [-0.05, 0) is 37.5 Å². The molecule has 5 heteroatoms. The first-order valence-corrected chi connectivity index (χ1v) is 8.06. The maximum absolute atomic E-state index is 13.9. The summed E-state index contributed by atoms with van der Waals surface area (Å²) in [6, 6.07) is 4.69. The van der Waals surface area contributed by atoms with Gasteiger partial charge in [0.25, 0.3) is 5.91 Å². The van der Waals surface area contributed by atoms with Gasteiger partial charge < -0.3 is 10.4 Å². The van der Waals surface area contributed by atoms with Crippen LogP contribution in [0.15, 0.2) is 18.2 Å². The Kier molecular flexibility index (Phi) is 3.95. The van der Waals surface area contributed by atoms with Crippen molar-refractivity contribution in [3.63, 3.8) is 0 Å². The fourth-order valence-corrected chi connectivity index (χ4v) is 4.11. The van der Waals surface area contributed by atoms with Gasteiger partial charge in [0.1, 0.15) is 5.82 Å². The predicted molar refractivity (Wildman–Crippen MR) is 82.2 cm³/mol. The number of hydrogen-bond donors (Lipinski definition) is 2. The van der Waals surface area contributed by atoms with Gasteiger partial charge in [-0.2, -0.15) is 0 Å². The third kappa shape index (κ3) is 2.68. The number of aryl methyl sites for hydroxylation is 1. The molecular formula is C16H18FNO2S. The van der Waals surface area contributed by atoms with Gasteiger partial charge in [0.2, 0.25) is 0 Å². The number of aliphatic hydroxyl groups excluding tert-OH is 1. The van der Waals surface area contributed by atoms with Crippen LogP contribution < -0.4 is 5.32 Å². The summed E-state index contributed by atoms with van der Waals surface area (Å²) in [7, 11) is 0. The minimum absolute atomic E-state index is 0.194. The van der Waals surface area contributed by atoms with Crippen molar-refractivity contribution >= 4 is 27.3 Å². The summed E-state index contributed by atoms with van der Waals surface area (Å²) in [6.45, 7) is 1.77. The number of benzene rings is 1. The summed E-state index contributed by atoms with van der Waals surface area (Å²) in [5.74, 6) is -0.503. The second kappa shape index (κ2) is 5.73. The van der Waals surface area contributed by atoms with Crippen molar-refractivity contribution in [2.75, 3.05) is 0 Å². The Balaban J connectivity index is 1.88. The van der Waals surface area contributed by atoms with E-state index in [1.165, 1.54) is 17.4 Å². The molecule has 1 fully saturated rings. The number of fused-ring (bicyclic) bond motifs is 1. The van der Waals surface area contributed by atoms with Crippen LogP contribution in [0.3, 0.4) is 0 Å². The molecule has 112 valence electrons. The zero-order chi connectivity index (χ0) is 15.0. The molecule has 1 heterocycles. The maximum Gasteiger partial charge on any atom is 0.261 e. The molecule has 3 nitrogen and oxygen atoms in total. The SMILES string of the molecule is Cc1c(C(=O)N[C@@H]2CCCC[C@H]2O)sc2cccc(F)c12. The normalized spacial score (nSPS) is 22.4. The van der Waals surface area contributed by atoms with Crippen LogP contribution in [0.25, 0.3) is 10.1 Å². The van der Waals surface area contributed by atoms with Gasteiger partial charge in [-0.15, -0.1) is 11.3 Å². The highest BCUT2D eigenvalue weighted by atomic mass is 32.1. The van der Waals surface area contributed by atoms with Crippen LogP contribution in [0.1, 0.15) is 40.9 Å². The summed E-state index contributed by atoms with van der Waals surface area (Å²) < 4.78 is 14.7. The number of aliphatic hydroxyl groups is 1. The van der Waals surface area contributed by atoms with Gasteiger partial charge in [0, 0.05) is 10.1 Å². The van der Waals surface area contributed by atoms with E-state index in [2.05, 4.69) is 5.32 Å².